The maximum absolute atomic E-state index is 10.9. The van der Waals surface area contributed by atoms with E-state index < -0.39 is 0 Å². The molecule has 0 aromatic heterocycles. The van der Waals surface area contributed by atoms with Crippen molar-refractivity contribution in [3.05, 3.63) is 12.7 Å². The standard InChI is InChI=1S/C21H39ClO2/c1-3-5-6-7-8-9-10-11-12-13-14-15-16-17-18-20(22)19-24-21(23)4-2/h4,20H,2-3,5-19H2,1H3. The molecule has 0 radical (unpaired) electrons. The summed E-state index contributed by atoms with van der Waals surface area (Å²) in [6.07, 6.45) is 21.2. The van der Waals surface area contributed by atoms with Gasteiger partial charge in [-0.2, -0.15) is 0 Å². The lowest BCUT2D eigenvalue weighted by atomic mass is 10.0. The number of esters is 1. The summed E-state index contributed by atoms with van der Waals surface area (Å²) < 4.78 is 4.93. The van der Waals surface area contributed by atoms with Gasteiger partial charge in [0.05, 0.1) is 5.38 Å². The quantitative estimate of drug-likeness (QED) is 0.112. The van der Waals surface area contributed by atoms with Gasteiger partial charge in [0.1, 0.15) is 6.61 Å². The number of alkyl halides is 1. The summed E-state index contributed by atoms with van der Waals surface area (Å²) in [4.78, 5) is 10.9. The van der Waals surface area contributed by atoms with Crippen molar-refractivity contribution < 1.29 is 9.53 Å². The molecule has 142 valence electrons. The van der Waals surface area contributed by atoms with Gasteiger partial charge in [-0.15, -0.1) is 11.6 Å². The predicted octanol–water partition coefficient (Wildman–Crippen LogP) is 7.19. The molecule has 0 aliphatic rings. The fraction of sp³-hybridized carbons (Fsp3) is 0.857. The molecular formula is C21H39ClO2. The van der Waals surface area contributed by atoms with Gasteiger partial charge in [-0.1, -0.05) is 103 Å². The Morgan fingerprint density at radius 2 is 1.29 bits per heavy atom. The third-order valence-corrected chi connectivity index (χ3v) is 4.79. The molecule has 0 rings (SSSR count). The third kappa shape index (κ3) is 17.8. The molecular weight excluding hydrogens is 320 g/mol. The summed E-state index contributed by atoms with van der Waals surface area (Å²) in [7, 11) is 0. The van der Waals surface area contributed by atoms with E-state index in [9.17, 15) is 4.79 Å². The van der Waals surface area contributed by atoms with Crippen molar-refractivity contribution in [1.82, 2.24) is 0 Å². The van der Waals surface area contributed by atoms with E-state index in [0.717, 1.165) is 12.8 Å². The summed E-state index contributed by atoms with van der Waals surface area (Å²) in [5.74, 6) is -0.387. The molecule has 0 amide bonds. The van der Waals surface area contributed by atoms with E-state index >= 15 is 0 Å². The highest BCUT2D eigenvalue weighted by Gasteiger charge is 2.06. The molecule has 0 bridgehead atoms. The van der Waals surface area contributed by atoms with Crippen molar-refractivity contribution in [3.63, 3.8) is 0 Å². The van der Waals surface area contributed by atoms with Crippen molar-refractivity contribution in [2.45, 2.75) is 109 Å². The van der Waals surface area contributed by atoms with Crippen molar-refractivity contribution in [2.75, 3.05) is 6.61 Å². The second-order valence-electron chi connectivity index (χ2n) is 6.82. The van der Waals surface area contributed by atoms with E-state index in [0.29, 0.717) is 6.61 Å². The Labute approximate surface area is 155 Å². The van der Waals surface area contributed by atoms with Gasteiger partial charge in [0.25, 0.3) is 0 Å². The average Bonchev–Trinajstić information content (AvgIpc) is 2.59. The van der Waals surface area contributed by atoms with Gasteiger partial charge in [-0.3, -0.25) is 0 Å². The molecule has 0 fully saturated rings. The van der Waals surface area contributed by atoms with Gasteiger partial charge < -0.3 is 4.74 Å². The molecule has 1 unspecified atom stereocenters. The molecule has 0 heterocycles. The molecule has 0 aliphatic heterocycles. The van der Waals surface area contributed by atoms with Crippen LogP contribution in [0.4, 0.5) is 0 Å². The lowest BCUT2D eigenvalue weighted by molar-refractivity contribution is -0.137. The molecule has 2 nitrogen and oxygen atoms in total. The first kappa shape index (κ1) is 23.5. The van der Waals surface area contributed by atoms with E-state index in [1.54, 1.807) is 0 Å². The normalized spacial score (nSPS) is 12.1. The summed E-state index contributed by atoms with van der Waals surface area (Å²) >= 11 is 6.12. The van der Waals surface area contributed by atoms with E-state index in [1.165, 1.54) is 89.5 Å². The van der Waals surface area contributed by atoms with Crippen LogP contribution in [-0.4, -0.2) is 18.0 Å². The van der Waals surface area contributed by atoms with Gasteiger partial charge >= 0.3 is 5.97 Å². The van der Waals surface area contributed by atoms with Crippen LogP contribution < -0.4 is 0 Å². The first-order chi connectivity index (χ1) is 11.7. The van der Waals surface area contributed by atoms with Crippen LogP contribution in [0.15, 0.2) is 12.7 Å². The predicted molar refractivity (Wildman–Crippen MR) is 106 cm³/mol. The maximum Gasteiger partial charge on any atom is 0.330 e. The Hall–Kier alpha value is -0.500. The van der Waals surface area contributed by atoms with Crippen LogP contribution in [0.3, 0.4) is 0 Å². The highest BCUT2D eigenvalue weighted by Crippen LogP contribution is 2.15. The summed E-state index contributed by atoms with van der Waals surface area (Å²) in [6, 6.07) is 0. The molecule has 0 aromatic carbocycles. The van der Waals surface area contributed by atoms with E-state index in [4.69, 9.17) is 16.3 Å². The minimum Gasteiger partial charge on any atom is -0.461 e. The summed E-state index contributed by atoms with van der Waals surface area (Å²) in [6.45, 7) is 5.93. The van der Waals surface area contributed by atoms with Gasteiger partial charge in [0.15, 0.2) is 0 Å². The van der Waals surface area contributed by atoms with Crippen molar-refractivity contribution in [3.8, 4) is 0 Å². The number of ether oxygens (including phenoxy) is 1. The van der Waals surface area contributed by atoms with Crippen LogP contribution >= 0.6 is 11.6 Å². The highest BCUT2D eigenvalue weighted by molar-refractivity contribution is 6.20. The SMILES string of the molecule is C=CC(=O)OCC(Cl)CCCCCCCCCCCCCCCC. The van der Waals surface area contributed by atoms with E-state index in [-0.39, 0.29) is 11.3 Å². The number of carbonyl (C=O) groups excluding carboxylic acids is 1. The minimum atomic E-state index is -0.387. The number of unbranched alkanes of at least 4 members (excludes halogenated alkanes) is 13. The molecule has 0 saturated carbocycles. The molecule has 1 atom stereocenters. The second kappa shape index (κ2) is 18.8. The molecule has 3 heteroatoms. The monoisotopic (exact) mass is 358 g/mol. The summed E-state index contributed by atoms with van der Waals surface area (Å²) in [5, 5.41) is -0.0637. The van der Waals surface area contributed by atoms with Gasteiger partial charge in [-0.25, -0.2) is 4.79 Å². The smallest absolute Gasteiger partial charge is 0.330 e. The van der Waals surface area contributed by atoms with Crippen LogP contribution in [0.25, 0.3) is 0 Å². The van der Waals surface area contributed by atoms with Crippen LogP contribution in [0.5, 0.6) is 0 Å². The van der Waals surface area contributed by atoms with Crippen molar-refractivity contribution in [1.29, 1.82) is 0 Å². The Kier molecular flexibility index (Phi) is 18.4. The Morgan fingerprint density at radius 3 is 1.71 bits per heavy atom. The zero-order chi connectivity index (χ0) is 17.9. The second-order valence-corrected chi connectivity index (χ2v) is 7.43. The zero-order valence-corrected chi connectivity index (χ0v) is 16.6. The number of halogens is 1. The average molecular weight is 359 g/mol. The molecule has 0 aromatic rings. The summed E-state index contributed by atoms with van der Waals surface area (Å²) in [5.41, 5.74) is 0. The van der Waals surface area contributed by atoms with Crippen LogP contribution in [0.1, 0.15) is 103 Å². The first-order valence-electron chi connectivity index (χ1n) is 10.1. The number of hydrogen-bond acceptors (Lipinski definition) is 2. The fourth-order valence-corrected chi connectivity index (χ4v) is 3.09. The zero-order valence-electron chi connectivity index (χ0n) is 15.9. The van der Waals surface area contributed by atoms with Crippen molar-refractivity contribution >= 4 is 17.6 Å². The lowest BCUT2D eigenvalue weighted by Gasteiger charge is -2.09. The molecule has 0 spiro atoms. The Balaban J connectivity index is 3.14. The largest absolute Gasteiger partial charge is 0.461 e. The number of hydrogen-bond donors (Lipinski definition) is 0. The van der Waals surface area contributed by atoms with Crippen LogP contribution in [-0.2, 0) is 9.53 Å². The topological polar surface area (TPSA) is 26.3 Å². The van der Waals surface area contributed by atoms with Gasteiger partial charge in [-0.05, 0) is 6.42 Å². The van der Waals surface area contributed by atoms with Gasteiger partial charge in [0, 0.05) is 6.08 Å². The van der Waals surface area contributed by atoms with Crippen LogP contribution in [0, 0.1) is 0 Å². The molecule has 0 N–H and O–H groups in total. The molecule has 0 saturated heterocycles. The molecule has 0 aliphatic carbocycles. The van der Waals surface area contributed by atoms with Crippen molar-refractivity contribution in [2.24, 2.45) is 0 Å². The van der Waals surface area contributed by atoms with E-state index in [2.05, 4.69) is 13.5 Å². The van der Waals surface area contributed by atoms with Crippen LogP contribution in [0.2, 0.25) is 0 Å². The highest BCUT2D eigenvalue weighted by atomic mass is 35.5. The number of carbonyl (C=O) groups is 1. The minimum absolute atomic E-state index is 0.0637. The van der Waals surface area contributed by atoms with Gasteiger partial charge in [0.2, 0.25) is 0 Å². The number of rotatable bonds is 18. The molecule has 24 heavy (non-hydrogen) atoms. The third-order valence-electron chi connectivity index (χ3n) is 4.44. The lowest BCUT2D eigenvalue weighted by Crippen LogP contribution is -2.12. The first-order valence-corrected chi connectivity index (χ1v) is 10.6. The Morgan fingerprint density at radius 1 is 0.875 bits per heavy atom. The maximum atomic E-state index is 10.9. The Bertz CT molecular complexity index is 292. The fourth-order valence-electron chi connectivity index (χ4n) is 2.88. The van der Waals surface area contributed by atoms with E-state index in [1.807, 2.05) is 0 Å².